The fraction of sp³-hybridized carbons (Fsp3) is 0.412. The molecule has 2 amide bonds. The Morgan fingerprint density at radius 1 is 1.48 bits per heavy atom. The molecule has 0 saturated carbocycles. The Morgan fingerprint density at radius 2 is 2.28 bits per heavy atom. The zero-order valence-corrected chi connectivity index (χ0v) is 14.6. The molecular formula is C17H19FN2O4S. The minimum atomic E-state index is -0.860. The molecule has 2 atom stereocenters. The molecule has 2 aliphatic rings. The van der Waals surface area contributed by atoms with Crippen LogP contribution in [0.3, 0.4) is 0 Å². The van der Waals surface area contributed by atoms with Crippen molar-refractivity contribution in [3.05, 3.63) is 35.7 Å². The van der Waals surface area contributed by atoms with Gasteiger partial charge in [-0.15, -0.1) is 0 Å². The lowest BCUT2D eigenvalue weighted by Crippen LogP contribution is -2.33. The Hall–Kier alpha value is -2.22. The average molecular weight is 366 g/mol. The molecule has 25 heavy (non-hydrogen) atoms. The molecule has 0 aromatic heterocycles. The van der Waals surface area contributed by atoms with Gasteiger partial charge in [-0.3, -0.25) is 13.9 Å². The van der Waals surface area contributed by atoms with Crippen LogP contribution in [0.15, 0.2) is 24.3 Å². The molecule has 2 unspecified atom stereocenters. The second-order valence-corrected chi connectivity index (χ2v) is 7.63. The van der Waals surface area contributed by atoms with Gasteiger partial charge in [-0.25, -0.2) is 9.18 Å². The lowest BCUT2D eigenvalue weighted by molar-refractivity contribution is -0.119. The van der Waals surface area contributed by atoms with E-state index in [0.717, 1.165) is 5.57 Å². The number of carbonyl (C=O) groups is 2. The maximum Gasteiger partial charge on any atom is 0.414 e. The first-order valence-electron chi connectivity index (χ1n) is 8.00. The highest BCUT2D eigenvalue weighted by molar-refractivity contribution is 7.85. The Morgan fingerprint density at radius 3 is 2.92 bits per heavy atom. The predicted molar refractivity (Wildman–Crippen MR) is 93.2 cm³/mol. The van der Waals surface area contributed by atoms with Crippen molar-refractivity contribution in [1.82, 2.24) is 5.32 Å². The third-order valence-electron chi connectivity index (χ3n) is 4.18. The molecule has 1 fully saturated rings. The van der Waals surface area contributed by atoms with Crippen LogP contribution < -0.4 is 10.2 Å². The Bertz CT molecular complexity index is 765. The Balaban J connectivity index is 1.73. The lowest BCUT2D eigenvalue weighted by Gasteiger charge is -2.17. The standard InChI is InChI=1S/C17H19FN2O4S/c1-11(21)19-9-14-10-20(17(22)24-14)13-2-3-15(16(18)8-13)12-4-6-25(23)7-5-12/h2-4,8,14H,5-7,9-10H2,1H3,(H,19,21). The van der Waals surface area contributed by atoms with E-state index in [2.05, 4.69) is 5.32 Å². The molecule has 0 radical (unpaired) electrons. The summed E-state index contributed by atoms with van der Waals surface area (Å²) in [5, 5.41) is 2.60. The van der Waals surface area contributed by atoms with Crippen molar-refractivity contribution in [2.24, 2.45) is 0 Å². The number of benzene rings is 1. The number of carbonyl (C=O) groups excluding carboxylic acids is 2. The van der Waals surface area contributed by atoms with E-state index in [0.29, 0.717) is 29.2 Å². The molecule has 8 heteroatoms. The number of halogens is 1. The fourth-order valence-electron chi connectivity index (χ4n) is 2.88. The average Bonchev–Trinajstić information content (AvgIpc) is 2.95. The van der Waals surface area contributed by atoms with Crippen molar-refractivity contribution in [1.29, 1.82) is 0 Å². The van der Waals surface area contributed by atoms with Gasteiger partial charge in [0, 0.05) is 34.8 Å². The van der Waals surface area contributed by atoms with E-state index < -0.39 is 28.8 Å². The van der Waals surface area contributed by atoms with Crippen LogP contribution in [-0.2, 0) is 20.3 Å². The van der Waals surface area contributed by atoms with Gasteiger partial charge in [-0.1, -0.05) is 6.08 Å². The van der Waals surface area contributed by atoms with Crippen molar-refractivity contribution < 1.29 is 22.9 Å². The highest BCUT2D eigenvalue weighted by Gasteiger charge is 2.32. The predicted octanol–water partition coefficient (Wildman–Crippen LogP) is 1.82. The van der Waals surface area contributed by atoms with E-state index in [1.165, 1.54) is 17.9 Å². The number of hydrogen-bond donors (Lipinski definition) is 1. The summed E-state index contributed by atoms with van der Waals surface area (Å²) in [6, 6.07) is 4.62. The molecule has 6 nitrogen and oxygen atoms in total. The molecule has 0 bridgehead atoms. The van der Waals surface area contributed by atoms with Crippen LogP contribution in [0, 0.1) is 5.82 Å². The number of hydrogen-bond acceptors (Lipinski definition) is 4. The summed E-state index contributed by atoms with van der Waals surface area (Å²) in [6.07, 6.45) is 1.36. The minimum Gasteiger partial charge on any atom is -0.442 e. The molecule has 2 aliphatic heterocycles. The van der Waals surface area contributed by atoms with Crippen LogP contribution >= 0.6 is 0 Å². The van der Waals surface area contributed by atoms with Crippen LogP contribution in [0.5, 0.6) is 0 Å². The van der Waals surface area contributed by atoms with Gasteiger partial charge in [-0.05, 0) is 30.2 Å². The third-order valence-corrected chi connectivity index (χ3v) is 5.38. The number of anilines is 1. The van der Waals surface area contributed by atoms with Crippen LogP contribution in [0.25, 0.3) is 5.57 Å². The van der Waals surface area contributed by atoms with Crippen LogP contribution in [0.1, 0.15) is 18.9 Å². The Labute approximate surface area is 147 Å². The number of rotatable bonds is 4. The van der Waals surface area contributed by atoms with Gasteiger partial charge < -0.3 is 10.1 Å². The van der Waals surface area contributed by atoms with Gasteiger partial charge in [0.1, 0.15) is 11.9 Å². The fourth-order valence-corrected chi connectivity index (χ4v) is 3.88. The van der Waals surface area contributed by atoms with Crippen molar-refractivity contribution in [2.75, 3.05) is 29.5 Å². The van der Waals surface area contributed by atoms with Gasteiger partial charge >= 0.3 is 6.09 Å². The van der Waals surface area contributed by atoms with E-state index >= 15 is 0 Å². The SMILES string of the molecule is CC(=O)NCC1CN(c2ccc(C3=CCS(=O)CC3)c(F)c2)C(=O)O1. The summed E-state index contributed by atoms with van der Waals surface area (Å²) < 4.78 is 31.1. The molecular weight excluding hydrogens is 347 g/mol. The van der Waals surface area contributed by atoms with Gasteiger partial charge in [-0.2, -0.15) is 0 Å². The van der Waals surface area contributed by atoms with Gasteiger partial charge in [0.2, 0.25) is 5.91 Å². The number of ether oxygens (including phenoxy) is 1. The topological polar surface area (TPSA) is 75.7 Å². The maximum atomic E-state index is 14.5. The second-order valence-electron chi connectivity index (χ2n) is 6.01. The largest absolute Gasteiger partial charge is 0.442 e. The Kier molecular flexibility index (Phi) is 5.17. The smallest absolute Gasteiger partial charge is 0.414 e. The highest BCUT2D eigenvalue weighted by atomic mass is 32.2. The summed E-state index contributed by atoms with van der Waals surface area (Å²) in [4.78, 5) is 24.3. The molecule has 1 aromatic rings. The molecule has 1 N–H and O–H groups in total. The van der Waals surface area contributed by atoms with Crippen molar-refractivity contribution >= 4 is 34.1 Å². The monoisotopic (exact) mass is 366 g/mol. The lowest BCUT2D eigenvalue weighted by atomic mass is 10.0. The van der Waals surface area contributed by atoms with E-state index in [9.17, 15) is 18.2 Å². The first-order chi connectivity index (χ1) is 11.9. The molecule has 0 aliphatic carbocycles. The second kappa shape index (κ2) is 7.35. The van der Waals surface area contributed by atoms with Gasteiger partial charge in [0.05, 0.1) is 18.8 Å². The third kappa shape index (κ3) is 4.07. The summed E-state index contributed by atoms with van der Waals surface area (Å²) >= 11 is 0. The first-order valence-corrected chi connectivity index (χ1v) is 9.49. The van der Waals surface area contributed by atoms with E-state index in [4.69, 9.17) is 4.74 Å². The zero-order chi connectivity index (χ0) is 18.0. The summed E-state index contributed by atoms with van der Waals surface area (Å²) in [7, 11) is -0.860. The van der Waals surface area contributed by atoms with E-state index in [-0.39, 0.29) is 19.0 Å². The number of allylic oxidation sites excluding steroid dienone is 1. The van der Waals surface area contributed by atoms with Gasteiger partial charge in [0.25, 0.3) is 0 Å². The molecule has 0 spiro atoms. The van der Waals surface area contributed by atoms with Gasteiger partial charge in [0.15, 0.2) is 0 Å². The highest BCUT2D eigenvalue weighted by Crippen LogP contribution is 2.29. The normalized spacial score (nSPS) is 23.2. The summed E-state index contributed by atoms with van der Waals surface area (Å²) in [6.45, 7) is 1.86. The zero-order valence-electron chi connectivity index (χ0n) is 13.8. The van der Waals surface area contributed by atoms with Crippen LogP contribution in [0.2, 0.25) is 0 Å². The summed E-state index contributed by atoms with van der Waals surface area (Å²) in [5.74, 6) is 0.358. The quantitative estimate of drug-likeness (QED) is 0.882. The number of nitrogens with zero attached hydrogens (tertiary/aromatic N) is 1. The van der Waals surface area contributed by atoms with Crippen LogP contribution in [0.4, 0.5) is 14.9 Å². The van der Waals surface area contributed by atoms with Crippen molar-refractivity contribution in [2.45, 2.75) is 19.4 Å². The minimum absolute atomic E-state index is 0.202. The first kappa shape index (κ1) is 17.6. The molecule has 2 heterocycles. The number of amides is 2. The maximum absolute atomic E-state index is 14.5. The van der Waals surface area contributed by atoms with E-state index in [1.807, 2.05) is 6.08 Å². The van der Waals surface area contributed by atoms with Crippen LogP contribution in [-0.4, -0.2) is 46.9 Å². The molecule has 1 saturated heterocycles. The number of cyclic esters (lactones) is 1. The molecule has 1 aromatic carbocycles. The van der Waals surface area contributed by atoms with Crippen molar-refractivity contribution in [3.63, 3.8) is 0 Å². The van der Waals surface area contributed by atoms with Crippen molar-refractivity contribution in [3.8, 4) is 0 Å². The molecule has 3 rings (SSSR count). The number of nitrogens with one attached hydrogen (secondary N) is 1. The summed E-state index contributed by atoms with van der Waals surface area (Å²) in [5.41, 5.74) is 1.73. The van der Waals surface area contributed by atoms with E-state index in [1.54, 1.807) is 12.1 Å². The molecule has 134 valence electrons.